The van der Waals surface area contributed by atoms with Gasteiger partial charge in [-0.25, -0.2) is 0 Å². The number of sulfonamides is 1. The number of fused-ring (bicyclic) bond motifs is 1. The smallest absolute Gasteiger partial charge is 0.286 e. The summed E-state index contributed by atoms with van der Waals surface area (Å²) < 4.78 is 33.8. The van der Waals surface area contributed by atoms with E-state index in [-0.39, 0.29) is 10.8 Å². The maximum Gasteiger partial charge on any atom is 0.286 e. The van der Waals surface area contributed by atoms with Crippen molar-refractivity contribution in [2.45, 2.75) is 4.90 Å². The molecule has 6 heteroatoms. The van der Waals surface area contributed by atoms with Gasteiger partial charge in [-0.2, -0.15) is 8.42 Å². The van der Waals surface area contributed by atoms with E-state index in [1.807, 2.05) is 6.07 Å². The molecule has 19 heavy (non-hydrogen) atoms. The van der Waals surface area contributed by atoms with Gasteiger partial charge in [0.05, 0.1) is 5.56 Å². The molecule has 1 aliphatic rings. The average Bonchev–Trinajstić information content (AvgIpc) is 2.62. The summed E-state index contributed by atoms with van der Waals surface area (Å²) in [4.78, 5) is 0.181. The van der Waals surface area contributed by atoms with Crippen molar-refractivity contribution >= 4 is 31.9 Å². The van der Waals surface area contributed by atoms with Gasteiger partial charge in [-0.1, -0.05) is 34.1 Å². The predicted molar refractivity (Wildman–Crippen MR) is 74.9 cm³/mol. The maximum atomic E-state index is 11.8. The Bertz CT molecular complexity index is 784. The maximum absolute atomic E-state index is 11.8. The Morgan fingerprint density at radius 3 is 2.63 bits per heavy atom. The Balaban J connectivity index is 2.04. The van der Waals surface area contributed by atoms with Crippen LogP contribution in [0.4, 0.5) is 0 Å². The van der Waals surface area contributed by atoms with E-state index < -0.39 is 10.0 Å². The van der Waals surface area contributed by atoms with Gasteiger partial charge in [-0.05, 0) is 30.3 Å². The number of ether oxygens (including phenoxy) is 1. The molecule has 0 fully saturated rings. The molecule has 0 amide bonds. The molecule has 3 rings (SSSR count). The first-order chi connectivity index (χ1) is 9.06. The fourth-order valence-corrected chi connectivity index (χ4v) is 3.31. The highest BCUT2D eigenvalue weighted by Crippen LogP contribution is 2.28. The zero-order chi connectivity index (χ0) is 13.5. The molecule has 2 aromatic carbocycles. The van der Waals surface area contributed by atoms with Gasteiger partial charge in [0, 0.05) is 4.47 Å². The van der Waals surface area contributed by atoms with Crippen molar-refractivity contribution in [2.24, 2.45) is 4.40 Å². The summed E-state index contributed by atoms with van der Waals surface area (Å²) in [5.74, 6) is 0.633. The molecule has 96 valence electrons. The molecule has 0 N–H and O–H groups in total. The quantitative estimate of drug-likeness (QED) is 0.803. The monoisotopic (exact) mass is 337 g/mol. The van der Waals surface area contributed by atoms with Crippen molar-refractivity contribution in [1.29, 1.82) is 0 Å². The fourth-order valence-electron chi connectivity index (χ4n) is 1.79. The van der Waals surface area contributed by atoms with Gasteiger partial charge in [-0.15, -0.1) is 4.40 Å². The van der Waals surface area contributed by atoms with Gasteiger partial charge >= 0.3 is 0 Å². The SMILES string of the molecule is O=S1(=O)N=C(Oc2cccc(Br)c2)c2ccccc21. The van der Waals surface area contributed by atoms with Crippen molar-refractivity contribution in [3.8, 4) is 5.75 Å². The second-order valence-corrected chi connectivity index (χ2v) is 6.42. The van der Waals surface area contributed by atoms with Gasteiger partial charge in [0.15, 0.2) is 0 Å². The zero-order valence-corrected chi connectivity index (χ0v) is 12.0. The van der Waals surface area contributed by atoms with Crippen molar-refractivity contribution in [2.75, 3.05) is 0 Å². The molecule has 0 spiro atoms. The first-order valence-corrected chi connectivity index (χ1v) is 7.67. The molecule has 0 saturated heterocycles. The molecule has 0 radical (unpaired) electrons. The van der Waals surface area contributed by atoms with E-state index >= 15 is 0 Å². The molecule has 1 aliphatic heterocycles. The highest BCUT2D eigenvalue weighted by Gasteiger charge is 2.29. The van der Waals surface area contributed by atoms with Crippen LogP contribution in [0.15, 0.2) is 62.3 Å². The van der Waals surface area contributed by atoms with Gasteiger partial charge in [-0.3, -0.25) is 0 Å². The summed E-state index contributed by atoms with van der Waals surface area (Å²) in [6.45, 7) is 0. The predicted octanol–water partition coefficient (Wildman–Crippen LogP) is 2.98. The third-order valence-electron chi connectivity index (χ3n) is 2.61. The number of hydrogen-bond donors (Lipinski definition) is 0. The Kier molecular flexibility index (Phi) is 2.91. The number of halogens is 1. The van der Waals surface area contributed by atoms with Crippen LogP contribution in [0.2, 0.25) is 0 Å². The van der Waals surface area contributed by atoms with E-state index in [2.05, 4.69) is 20.3 Å². The summed E-state index contributed by atoms with van der Waals surface area (Å²) >= 11 is 3.33. The average molecular weight is 338 g/mol. The van der Waals surface area contributed by atoms with E-state index in [4.69, 9.17) is 4.74 Å². The second kappa shape index (κ2) is 4.47. The van der Waals surface area contributed by atoms with Crippen molar-refractivity contribution in [3.05, 3.63) is 58.6 Å². The summed E-state index contributed by atoms with van der Waals surface area (Å²) in [7, 11) is -3.63. The highest BCUT2D eigenvalue weighted by atomic mass is 79.9. The van der Waals surface area contributed by atoms with E-state index in [9.17, 15) is 8.42 Å². The third kappa shape index (κ3) is 2.29. The Hall–Kier alpha value is -1.66. The minimum atomic E-state index is -3.63. The summed E-state index contributed by atoms with van der Waals surface area (Å²) in [5.41, 5.74) is 0.488. The van der Waals surface area contributed by atoms with Gasteiger partial charge in [0.2, 0.25) is 5.90 Å². The van der Waals surface area contributed by atoms with Gasteiger partial charge in [0.1, 0.15) is 10.6 Å². The molecule has 1 heterocycles. The molecule has 0 unspecified atom stereocenters. The second-order valence-electron chi connectivity index (χ2n) is 3.93. The van der Waals surface area contributed by atoms with Crippen LogP contribution in [0.5, 0.6) is 5.75 Å². The molecular weight excluding hydrogens is 330 g/mol. The van der Waals surface area contributed by atoms with Crippen molar-refractivity contribution in [1.82, 2.24) is 0 Å². The van der Waals surface area contributed by atoms with Gasteiger partial charge < -0.3 is 4.74 Å². The van der Waals surface area contributed by atoms with Crippen LogP contribution in [0, 0.1) is 0 Å². The zero-order valence-electron chi connectivity index (χ0n) is 9.58. The molecule has 0 bridgehead atoms. The molecule has 0 saturated carbocycles. The molecule has 0 aliphatic carbocycles. The number of benzene rings is 2. The van der Waals surface area contributed by atoms with Crippen LogP contribution < -0.4 is 4.74 Å². The first kappa shape index (κ1) is 12.4. The van der Waals surface area contributed by atoms with Crippen molar-refractivity contribution < 1.29 is 13.2 Å². The number of nitrogens with zero attached hydrogens (tertiary/aromatic N) is 1. The van der Waals surface area contributed by atoms with Crippen LogP contribution in [0.25, 0.3) is 0 Å². The summed E-state index contributed by atoms with van der Waals surface area (Å²) in [5, 5.41) is 0. The summed E-state index contributed by atoms with van der Waals surface area (Å²) in [6.07, 6.45) is 0. The Morgan fingerprint density at radius 2 is 1.84 bits per heavy atom. The Labute approximate surface area is 118 Å². The van der Waals surface area contributed by atoms with Crippen molar-refractivity contribution in [3.63, 3.8) is 0 Å². The van der Waals surface area contributed by atoms with E-state index in [0.29, 0.717) is 11.3 Å². The third-order valence-corrected chi connectivity index (χ3v) is 4.42. The molecular formula is C13H8BrNO3S. The lowest BCUT2D eigenvalue weighted by molar-refractivity contribution is 0.553. The minimum absolute atomic E-state index is 0.105. The standard InChI is InChI=1S/C13H8BrNO3S/c14-9-4-3-5-10(8-9)18-13-11-6-1-2-7-12(11)19(16,17)15-13/h1-8H. The van der Waals surface area contributed by atoms with Crippen LogP contribution in [0.1, 0.15) is 5.56 Å². The van der Waals surface area contributed by atoms with Crippen LogP contribution in [0.3, 0.4) is 0 Å². The number of hydrogen-bond acceptors (Lipinski definition) is 3. The normalized spacial score (nSPS) is 15.7. The molecule has 4 nitrogen and oxygen atoms in total. The van der Waals surface area contributed by atoms with Crippen LogP contribution in [-0.2, 0) is 10.0 Å². The lowest BCUT2D eigenvalue weighted by Crippen LogP contribution is -2.07. The topological polar surface area (TPSA) is 55.7 Å². The minimum Gasteiger partial charge on any atom is -0.438 e. The van der Waals surface area contributed by atoms with Crippen LogP contribution >= 0.6 is 15.9 Å². The van der Waals surface area contributed by atoms with E-state index in [1.54, 1.807) is 36.4 Å². The van der Waals surface area contributed by atoms with E-state index in [1.165, 1.54) is 6.07 Å². The Morgan fingerprint density at radius 1 is 1.05 bits per heavy atom. The molecule has 0 aromatic heterocycles. The van der Waals surface area contributed by atoms with E-state index in [0.717, 1.165) is 4.47 Å². The highest BCUT2D eigenvalue weighted by molar-refractivity contribution is 9.10. The lowest BCUT2D eigenvalue weighted by Gasteiger charge is -2.05. The summed E-state index contributed by atoms with van der Waals surface area (Å²) in [6, 6.07) is 13.7. The first-order valence-electron chi connectivity index (χ1n) is 5.44. The molecule has 2 aromatic rings. The lowest BCUT2D eigenvalue weighted by atomic mass is 10.2. The largest absolute Gasteiger partial charge is 0.438 e. The van der Waals surface area contributed by atoms with Crippen LogP contribution in [-0.4, -0.2) is 14.3 Å². The number of rotatable bonds is 1. The van der Waals surface area contributed by atoms with Gasteiger partial charge in [0.25, 0.3) is 10.0 Å². The fraction of sp³-hybridized carbons (Fsp3) is 0. The molecule has 0 atom stereocenters.